The molecule has 0 saturated carbocycles. The quantitative estimate of drug-likeness (QED) is 0.892. The molecule has 2 rings (SSSR count). The van der Waals surface area contributed by atoms with Gasteiger partial charge in [-0.25, -0.2) is 0 Å². The highest BCUT2D eigenvalue weighted by atomic mass is 19.3. The lowest BCUT2D eigenvalue weighted by atomic mass is 9.90. The molecule has 0 aliphatic carbocycles. The molecule has 1 aliphatic rings. The molecule has 3 nitrogen and oxygen atoms in total. The van der Waals surface area contributed by atoms with Crippen LogP contribution in [0.4, 0.5) is 8.78 Å². The predicted molar refractivity (Wildman–Crippen MR) is 69.1 cm³/mol. The summed E-state index contributed by atoms with van der Waals surface area (Å²) in [4.78, 5) is 0. The second kappa shape index (κ2) is 6.19. The highest BCUT2D eigenvalue weighted by molar-refractivity contribution is 5.44. The fourth-order valence-corrected chi connectivity index (χ4v) is 2.71. The number of halogens is 2. The topological polar surface area (TPSA) is 30.5 Å². The highest BCUT2D eigenvalue weighted by Crippen LogP contribution is 2.36. The number of hydrogen-bond donors (Lipinski definition) is 1. The van der Waals surface area contributed by atoms with E-state index in [-0.39, 0.29) is 5.75 Å². The van der Waals surface area contributed by atoms with E-state index in [9.17, 15) is 8.78 Å². The first kappa shape index (κ1) is 14.1. The molecule has 2 atom stereocenters. The van der Waals surface area contributed by atoms with Crippen molar-refractivity contribution in [3.63, 3.8) is 0 Å². The molecule has 19 heavy (non-hydrogen) atoms. The zero-order chi connectivity index (χ0) is 13.8. The third kappa shape index (κ3) is 3.15. The first-order valence-electron chi connectivity index (χ1n) is 6.51. The van der Waals surface area contributed by atoms with Crippen molar-refractivity contribution in [1.29, 1.82) is 0 Å². The molecule has 1 heterocycles. The van der Waals surface area contributed by atoms with Gasteiger partial charge in [0.15, 0.2) is 11.5 Å². The zero-order valence-corrected chi connectivity index (χ0v) is 11.2. The molecule has 106 valence electrons. The summed E-state index contributed by atoms with van der Waals surface area (Å²) in [5.41, 5.74) is 1.02. The lowest BCUT2D eigenvalue weighted by molar-refractivity contribution is -0.0512. The Morgan fingerprint density at radius 2 is 2.16 bits per heavy atom. The minimum absolute atomic E-state index is 0.108. The molecule has 0 bridgehead atoms. The van der Waals surface area contributed by atoms with Gasteiger partial charge in [0.2, 0.25) is 0 Å². The Kier molecular flexibility index (Phi) is 4.58. The van der Waals surface area contributed by atoms with E-state index in [1.165, 1.54) is 7.11 Å². The van der Waals surface area contributed by atoms with Crippen LogP contribution in [0.25, 0.3) is 0 Å². The molecule has 0 amide bonds. The van der Waals surface area contributed by atoms with Gasteiger partial charge in [-0.2, -0.15) is 8.78 Å². The molecule has 0 spiro atoms. The van der Waals surface area contributed by atoms with Crippen LogP contribution < -0.4 is 14.8 Å². The fraction of sp³-hybridized carbons (Fsp3) is 0.571. The summed E-state index contributed by atoms with van der Waals surface area (Å²) in [5.74, 6) is 0.788. The van der Waals surface area contributed by atoms with Crippen molar-refractivity contribution in [3.05, 3.63) is 23.8 Å². The smallest absolute Gasteiger partial charge is 0.387 e. The number of benzene rings is 1. The number of nitrogens with one attached hydrogen (secondary N) is 1. The average Bonchev–Trinajstić information content (AvgIpc) is 2.86. The van der Waals surface area contributed by atoms with E-state index in [0.717, 1.165) is 24.9 Å². The van der Waals surface area contributed by atoms with Gasteiger partial charge in [-0.15, -0.1) is 0 Å². The molecule has 0 radical (unpaired) electrons. The van der Waals surface area contributed by atoms with Gasteiger partial charge >= 0.3 is 6.61 Å². The lowest BCUT2D eigenvalue weighted by Gasteiger charge is -2.20. The predicted octanol–water partition coefficient (Wildman–Crippen LogP) is 3.15. The number of hydrogen-bond acceptors (Lipinski definition) is 3. The second-order valence-electron chi connectivity index (χ2n) is 4.65. The van der Waals surface area contributed by atoms with Crippen LogP contribution in [0, 0.1) is 0 Å². The highest BCUT2D eigenvalue weighted by Gasteiger charge is 2.27. The molecule has 1 aliphatic heterocycles. The molecule has 1 N–H and O–H groups in total. The van der Waals surface area contributed by atoms with Crippen molar-refractivity contribution >= 4 is 0 Å². The van der Waals surface area contributed by atoms with E-state index in [1.807, 2.05) is 6.07 Å². The first-order chi connectivity index (χ1) is 9.15. The van der Waals surface area contributed by atoms with Crippen molar-refractivity contribution in [3.8, 4) is 11.5 Å². The molecule has 2 unspecified atom stereocenters. The standard InChI is InChI=1S/C14H19F2NO2/c1-3-11-10(6-7-17-11)9-4-5-12(18-2)13(8-9)19-14(15)16/h4-5,8,10-11,14,17H,3,6-7H2,1-2H3. The van der Waals surface area contributed by atoms with Crippen molar-refractivity contribution in [2.24, 2.45) is 0 Å². The SMILES string of the molecule is CCC1NCCC1c1ccc(OC)c(OC(F)F)c1. The van der Waals surface area contributed by atoms with Crippen molar-refractivity contribution in [1.82, 2.24) is 5.32 Å². The Bertz CT molecular complexity index is 426. The Morgan fingerprint density at radius 3 is 2.79 bits per heavy atom. The van der Waals surface area contributed by atoms with Crippen LogP contribution in [0.15, 0.2) is 18.2 Å². The van der Waals surface area contributed by atoms with Gasteiger partial charge < -0.3 is 14.8 Å². The minimum atomic E-state index is -2.84. The second-order valence-corrected chi connectivity index (χ2v) is 4.65. The van der Waals surface area contributed by atoms with E-state index in [1.54, 1.807) is 12.1 Å². The normalized spacial score (nSPS) is 22.8. The van der Waals surface area contributed by atoms with Crippen LogP contribution in [-0.4, -0.2) is 26.3 Å². The molecule has 1 saturated heterocycles. The van der Waals surface area contributed by atoms with Crippen LogP contribution in [0.2, 0.25) is 0 Å². The van der Waals surface area contributed by atoms with Gasteiger partial charge in [-0.3, -0.25) is 0 Å². The van der Waals surface area contributed by atoms with Crippen molar-refractivity contribution in [2.75, 3.05) is 13.7 Å². The van der Waals surface area contributed by atoms with Crippen LogP contribution in [0.5, 0.6) is 11.5 Å². The van der Waals surface area contributed by atoms with Crippen LogP contribution in [0.3, 0.4) is 0 Å². The van der Waals surface area contributed by atoms with Gasteiger partial charge in [0.25, 0.3) is 0 Å². The monoisotopic (exact) mass is 271 g/mol. The zero-order valence-electron chi connectivity index (χ0n) is 11.2. The summed E-state index contributed by atoms with van der Waals surface area (Å²) in [7, 11) is 1.44. The van der Waals surface area contributed by atoms with E-state index >= 15 is 0 Å². The van der Waals surface area contributed by atoms with E-state index in [0.29, 0.717) is 17.7 Å². The summed E-state index contributed by atoms with van der Waals surface area (Å²) in [5, 5.41) is 3.42. The van der Waals surface area contributed by atoms with Crippen molar-refractivity contribution < 1.29 is 18.3 Å². The minimum Gasteiger partial charge on any atom is -0.493 e. The first-order valence-corrected chi connectivity index (χ1v) is 6.51. The molecular weight excluding hydrogens is 252 g/mol. The van der Waals surface area contributed by atoms with Crippen LogP contribution in [0.1, 0.15) is 31.2 Å². The summed E-state index contributed by atoms with van der Waals surface area (Å²) in [6, 6.07) is 5.69. The fourth-order valence-electron chi connectivity index (χ4n) is 2.71. The molecule has 1 fully saturated rings. The third-order valence-corrected chi connectivity index (χ3v) is 3.62. The van der Waals surface area contributed by atoms with Crippen molar-refractivity contribution in [2.45, 2.75) is 38.3 Å². The number of methoxy groups -OCH3 is 1. The summed E-state index contributed by atoms with van der Waals surface area (Å²) >= 11 is 0. The third-order valence-electron chi connectivity index (χ3n) is 3.62. The Labute approximate surface area is 111 Å². The molecule has 0 aromatic heterocycles. The number of rotatable bonds is 5. The maximum atomic E-state index is 12.4. The summed E-state index contributed by atoms with van der Waals surface area (Å²) in [6.45, 7) is 0.240. The van der Waals surface area contributed by atoms with Gasteiger partial charge in [0.1, 0.15) is 0 Å². The molecule has 1 aromatic rings. The maximum absolute atomic E-state index is 12.4. The molecule has 5 heteroatoms. The van der Waals surface area contributed by atoms with Gasteiger partial charge in [0, 0.05) is 12.0 Å². The van der Waals surface area contributed by atoms with Gasteiger partial charge in [-0.05, 0) is 37.1 Å². The Morgan fingerprint density at radius 1 is 1.37 bits per heavy atom. The number of alkyl halides is 2. The summed E-state index contributed by atoms with van der Waals surface area (Å²) in [6.07, 6.45) is 2.03. The van der Waals surface area contributed by atoms with E-state index in [4.69, 9.17) is 4.74 Å². The summed E-state index contributed by atoms with van der Waals surface area (Å²) < 4.78 is 34.4. The average molecular weight is 271 g/mol. The number of ether oxygens (including phenoxy) is 2. The van der Waals surface area contributed by atoms with Gasteiger partial charge in [0.05, 0.1) is 7.11 Å². The maximum Gasteiger partial charge on any atom is 0.387 e. The van der Waals surface area contributed by atoms with E-state index < -0.39 is 6.61 Å². The Balaban J connectivity index is 2.26. The van der Waals surface area contributed by atoms with Crippen LogP contribution >= 0.6 is 0 Å². The van der Waals surface area contributed by atoms with Crippen LogP contribution in [-0.2, 0) is 0 Å². The lowest BCUT2D eigenvalue weighted by Crippen LogP contribution is -2.24. The molecular formula is C14H19F2NO2. The van der Waals surface area contributed by atoms with E-state index in [2.05, 4.69) is 17.0 Å². The van der Waals surface area contributed by atoms with Gasteiger partial charge in [-0.1, -0.05) is 13.0 Å². The largest absolute Gasteiger partial charge is 0.493 e. The Hall–Kier alpha value is -1.36. The molecule has 1 aromatic carbocycles.